The van der Waals surface area contributed by atoms with Gasteiger partial charge < -0.3 is 14.0 Å². The van der Waals surface area contributed by atoms with Crippen LogP contribution in [0.15, 0.2) is 45.7 Å². The monoisotopic (exact) mass is 461 g/mol. The topological polar surface area (TPSA) is 111 Å². The first-order valence-electron chi connectivity index (χ1n) is 8.97. The number of aromatic nitrogens is 3. The fraction of sp³-hybridized carbons (Fsp3) is 0.263. The molecule has 0 bridgehead atoms. The quantitative estimate of drug-likeness (QED) is 0.466. The largest absolute Gasteiger partial charge is 0.490 e. The number of nitrogens with zero attached hydrogens (tertiary/aromatic N) is 3. The fourth-order valence-electron chi connectivity index (χ4n) is 2.48. The number of carbonyl (C=O) groups excluding carboxylic acids is 1. The second-order valence-corrected chi connectivity index (χ2v) is 6.62. The number of benzene rings is 1. The molecule has 1 aromatic carbocycles. The van der Waals surface area contributed by atoms with Gasteiger partial charge >= 0.3 is 6.01 Å². The van der Waals surface area contributed by atoms with Crippen molar-refractivity contribution in [3.8, 4) is 22.9 Å². The van der Waals surface area contributed by atoms with E-state index in [9.17, 15) is 4.79 Å². The van der Waals surface area contributed by atoms with Crippen molar-refractivity contribution in [2.24, 2.45) is 0 Å². The van der Waals surface area contributed by atoms with Crippen molar-refractivity contribution in [2.45, 2.75) is 20.3 Å². The SMILES string of the molecule is CCOc1cc(Br)c(CC(=O)NNc2nc(-c3ccncc3)no2)cc1OCC. The molecular formula is C19H20BrN5O4. The second kappa shape index (κ2) is 9.87. The van der Waals surface area contributed by atoms with Gasteiger partial charge in [0, 0.05) is 22.4 Å². The van der Waals surface area contributed by atoms with Gasteiger partial charge in [-0.3, -0.25) is 15.2 Å². The van der Waals surface area contributed by atoms with Crippen LogP contribution in [0.5, 0.6) is 11.5 Å². The Hall–Kier alpha value is -3.14. The molecule has 3 aromatic rings. The summed E-state index contributed by atoms with van der Waals surface area (Å²) in [4.78, 5) is 20.4. The minimum atomic E-state index is -0.291. The number of pyridine rings is 1. The van der Waals surface area contributed by atoms with Gasteiger partial charge in [-0.05, 0) is 43.7 Å². The van der Waals surface area contributed by atoms with Crippen LogP contribution in [0.1, 0.15) is 19.4 Å². The number of nitrogens with one attached hydrogen (secondary N) is 2. The molecule has 0 aliphatic rings. The number of rotatable bonds is 9. The van der Waals surface area contributed by atoms with Gasteiger partial charge in [0.15, 0.2) is 11.5 Å². The van der Waals surface area contributed by atoms with Crippen molar-refractivity contribution in [2.75, 3.05) is 18.6 Å². The minimum absolute atomic E-state index is 0.0749. The van der Waals surface area contributed by atoms with E-state index in [-0.39, 0.29) is 18.3 Å². The zero-order valence-electron chi connectivity index (χ0n) is 15.9. The molecule has 1 amide bonds. The van der Waals surface area contributed by atoms with Crippen LogP contribution in [-0.4, -0.2) is 34.2 Å². The molecule has 10 heteroatoms. The molecule has 0 aliphatic carbocycles. The average Bonchev–Trinajstić information content (AvgIpc) is 3.20. The molecule has 2 N–H and O–H groups in total. The highest BCUT2D eigenvalue weighted by Gasteiger charge is 2.14. The summed E-state index contributed by atoms with van der Waals surface area (Å²) >= 11 is 3.47. The highest BCUT2D eigenvalue weighted by molar-refractivity contribution is 9.10. The minimum Gasteiger partial charge on any atom is -0.490 e. The van der Waals surface area contributed by atoms with E-state index in [0.29, 0.717) is 30.5 Å². The Balaban J connectivity index is 1.62. The van der Waals surface area contributed by atoms with Crippen molar-refractivity contribution < 1.29 is 18.8 Å². The maximum Gasteiger partial charge on any atom is 0.340 e. The number of hydrogen-bond donors (Lipinski definition) is 2. The fourth-order valence-corrected chi connectivity index (χ4v) is 2.94. The summed E-state index contributed by atoms with van der Waals surface area (Å²) in [5.41, 5.74) is 6.66. The summed E-state index contributed by atoms with van der Waals surface area (Å²) in [6, 6.07) is 7.17. The first-order valence-corrected chi connectivity index (χ1v) is 9.77. The Morgan fingerprint density at radius 3 is 2.52 bits per heavy atom. The van der Waals surface area contributed by atoms with Crippen LogP contribution in [0.2, 0.25) is 0 Å². The zero-order chi connectivity index (χ0) is 20.6. The molecule has 29 heavy (non-hydrogen) atoms. The van der Waals surface area contributed by atoms with Crippen molar-refractivity contribution >= 4 is 27.9 Å². The van der Waals surface area contributed by atoms with Gasteiger partial charge in [-0.15, -0.1) is 0 Å². The number of hydrazine groups is 1. The van der Waals surface area contributed by atoms with Gasteiger partial charge in [0.05, 0.1) is 19.6 Å². The van der Waals surface area contributed by atoms with Crippen molar-refractivity contribution in [3.05, 3.63) is 46.7 Å². The molecule has 0 fully saturated rings. The molecule has 0 radical (unpaired) electrons. The van der Waals surface area contributed by atoms with Crippen molar-refractivity contribution in [1.82, 2.24) is 20.6 Å². The molecule has 0 spiro atoms. The molecule has 0 saturated heterocycles. The van der Waals surface area contributed by atoms with Gasteiger partial charge in [0.2, 0.25) is 11.7 Å². The predicted molar refractivity (Wildman–Crippen MR) is 109 cm³/mol. The first kappa shape index (κ1) is 20.6. The third kappa shape index (κ3) is 5.44. The number of halogens is 1. The third-order valence-electron chi connectivity index (χ3n) is 3.74. The lowest BCUT2D eigenvalue weighted by atomic mass is 10.1. The lowest BCUT2D eigenvalue weighted by molar-refractivity contribution is -0.120. The molecule has 0 aliphatic heterocycles. The summed E-state index contributed by atoms with van der Waals surface area (Å²) in [5, 5.41) is 3.86. The smallest absolute Gasteiger partial charge is 0.340 e. The van der Waals surface area contributed by atoms with Crippen LogP contribution in [0.25, 0.3) is 11.4 Å². The highest BCUT2D eigenvalue weighted by atomic mass is 79.9. The summed E-state index contributed by atoms with van der Waals surface area (Å²) in [6.45, 7) is 4.79. The van der Waals surface area contributed by atoms with Crippen LogP contribution >= 0.6 is 15.9 Å². The Kier molecular flexibility index (Phi) is 7.01. The zero-order valence-corrected chi connectivity index (χ0v) is 17.5. The number of anilines is 1. The van der Waals surface area contributed by atoms with Gasteiger partial charge in [-0.25, -0.2) is 5.43 Å². The molecule has 0 atom stereocenters. The Morgan fingerprint density at radius 2 is 1.83 bits per heavy atom. The predicted octanol–water partition coefficient (Wildman–Crippen LogP) is 3.38. The molecular weight excluding hydrogens is 442 g/mol. The molecule has 0 saturated carbocycles. The van der Waals surface area contributed by atoms with Crippen molar-refractivity contribution in [3.63, 3.8) is 0 Å². The number of amides is 1. The molecule has 9 nitrogen and oxygen atoms in total. The van der Waals surface area contributed by atoms with E-state index in [1.807, 2.05) is 13.8 Å². The van der Waals surface area contributed by atoms with Gasteiger partial charge in [-0.1, -0.05) is 21.1 Å². The van der Waals surface area contributed by atoms with E-state index in [2.05, 4.69) is 41.9 Å². The summed E-state index contributed by atoms with van der Waals surface area (Å²) in [6.07, 6.45) is 3.36. The molecule has 152 valence electrons. The summed E-state index contributed by atoms with van der Waals surface area (Å²) in [7, 11) is 0. The molecule has 3 rings (SSSR count). The van der Waals surface area contributed by atoms with Crippen molar-refractivity contribution in [1.29, 1.82) is 0 Å². The lowest BCUT2D eigenvalue weighted by Crippen LogP contribution is -2.31. The van der Waals surface area contributed by atoms with Crippen LogP contribution < -0.4 is 20.3 Å². The van der Waals surface area contributed by atoms with Crippen LogP contribution in [-0.2, 0) is 11.2 Å². The lowest BCUT2D eigenvalue weighted by Gasteiger charge is -2.14. The first-order chi connectivity index (χ1) is 14.1. The van der Waals surface area contributed by atoms with E-state index in [1.54, 1.807) is 36.7 Å². The second-order valence-electron chi connectivity index (χ2n) is 5.77. The number of ether oxygens (including phenoxy) is 2. The van der Waals surface area contributed by atoms with E-state index in [4.69, 9.17) is 14.0 Å². The maximum atomic E-state index is 12.3. The van der Waals surface area contributed by atoms with E-state index in [0.717, 1.165) is 15.6 Å². The normalized spacial score (nSPS) is 10.4. The molecule has 2 heterocycles. The number of carbonyl (C=O) groups is 1. The summed E-state index contributed by atoms with van der Waals surface area (Å²) in [5.74, 6) is 1.31. The highest BCUT2D eigenvalue weighted by Crippen LogP contribution is 2.34. The maximum absolute atomic E-state index is 12.3. The van der Waals surface area contributed by atoms with E-state index in [1.165, 1.54) is 0 Å². The van der Waals surface area contributed by atoms with Crippen LogP contribution in [0.4, 0.5) is 6.01 Å². The molecule has 2 aromatic heterocycles. The summed E-state index contributed by atoms with van der Waals surface area (Å²) < 4.78 is 17.0. The van der Waals surface area contributed by atoms with Gasteiger partial charge in [0.1, 0.15) is 0 Å². The Bertz CT molecular complexity index is 964. The van der Waals surface area contributed by atoms with Crippen LogP contribution in [0.3, 0.4) is 0 Å². The van der Waals surface area contributed by atoms with Gasteiger partial charge in [-0.2, -0.15) is 4.98 Å². The standard InChI is InChI=1S/C19H20BrN5O4/c1-3-27-15-9-13(14(20)11-16(15)28-4-2)10-17(26)23-24-19-22-18(25-29-19)12-5-7-21-8-6-12/h5-9,11H,3-4,10H2,1-2H3,(H,23,26)(H,22,24,25). The number of hydrogen-bond acceptors (Lipinski definition) is 8. The van der Waals surface area contributed by atoms with Gasteiger partial charge in [0.25, 0.3) is 0 Å². The third-order valence-corrected chi connectivity index (χ3v) is 4.48. The Morgan fingerprint density at radius 1 is 1.14 bits per heavy atom. The Labute approximate surface area is 175 Å². The van der Waals surface area contributed by atoms with E-state index < -0.39 is 0 Å². The average molecular weight is 462 g/mol. The van der Waals surface area contributed by atoms with E-state index >= 15 is 0 Å². The van der Waals surface area contributed by atoms with Crippen LogP contribution in [0, 0.1) is 0 Å². The molecule has 0 unspecified atom stereocenters.